The molecule has 33 heavy (non-hydrogen) atoms. The van der Waals surface area contributed by atoms with Crippen LogP contribution in [-0.4, -0.2) is 40.1 Å². The number of methoxy groups -OCH3 is 1. The Morgan fingerprint density at radius 2 is 1.88 bits per heavy atom. The minimum absolute atomic E-state index is 0.0496. The summed E-state index contributed by atoms with van der Waals surface area (Å²) in [4.78, 5) is 24.3. The van der Waals surface area contributed by atoms with Crippen molar-refractivity contribution >= 4 is 27.6 Å². The molecule has 1 amide bonds. The first-order valence-electron chi connectivity index (χ1n) is 10.6. The summed E-state index contributed by atoms with van der Waals surface area (Å²) < 4.78 is 52.3. The summed E-state index contributed by atoms with van der Waals surface area (Å²) in [6, 6.07) is 8.96. The van der Waals surface area contributed by atoms with Gasteiger partial charge in [-0.1, -0.05) is 25.8 Å². The first-order chi connectivity index (χ1) is 15.7. The van der Waals surface area contributed by atoms with Crippen molar-refractivity contribution in [1.29, 1.82) is 0 Å². The van der Waals surface area contributed by atoms with Gasteiger partial charge in [0.15, 0.2) is 6.61 Å². The molecule has 10 heteroatoms. The number of ether oxygens (including phenoxy) is 2. The predicted molar refractivity (Wildman–Crippen MR) is 120 cm³/mol. The van der Waals surface area contributed by atoms with Crippen LogP contribution in [0, 0.1) is 11.7 Å². The van der Waals surface area contributed by atoms with Gasteiger partial charge in [-0.2, -0.15) is 0 Å². The van der Waals surface area contributed by atoms with Gasteiger partial charge in [-0.25, -0.2) is 22.3 Å². The van der Waals surface area contributed by atoms with Crippen LogP contribution in [0.25, 0.3) is 0 Å². The molecule has 0 radical (unpaired) electrons. The summed E-state index contributed by atoms with van der Waals surface area (Å²) in [7, 11) is -2.63. The standard InChI is InChI=1S/C23H27FN2O6S/c1-15-6-3-4-9-19(15)26-33(29,30)21-12-16(10-11-20(21)31-2)23(28)32-14-22(27)25-18-8-5-7-17(24)13-18/h5,7-8,10-13,15,19,26H,3-4,6,9,14H2,1-2H3,(H,25,27). The van der Waals surface area contributed by atoms with E-state index in [-0.39, 0.29) is 33.9 Å². The molecular formula is C23H27FN2O6S. The normalized spacial score (nSPS) is 18.4. The molecule has 1 fully saturated rings. The number of carbonyl (C=O) groups excluding carboxylic acids is 2. The van der Waals surface area contributed by atoms with Gasteiger partial charge in [0.2, 0.25) is 10.0 Å². The largest absolute Gasteiger partial charge is 0.495 e. The van der Waals surface area contributed by atoms with Crippen molar-refractivity contribution in [1.82, 2.24) is 4.72 Å². The lowest BCUT2D eigenvalue weighted by Crippen LogP contribution is -2.41. The second-order valence-corrected chi connectivity index (χ2v) is 9.67. The molecule has 0 bridgehead atoms. The molecule has 2 atom stereocenters. The Morgan fingerprint density at radius 3 is 2.58 bits per heavy atom. The molecule has 0 aromatic heterocycles. The Hall–Kier alpha value is -2.98. The maximum Gasteiger partial charge on any atom is 0.338 e. The molecule has 0 heterocycles. The third-order valence-corrected chi connectivity index (χ3v) is 7.06. The Morgan fingerprint density at radius 1 is 1.12 bits per heavy atom. The first kappa shape index (κ1) is 24.7. The number of hydrogen-bond donors (Lipinski definition) is 2. The van der Waals surface area contributed by atoms with Gasteiger partial charge in [0, 0.05) is 11.7 Å². The van der Waals surface area contributed by atoms with Gasteiger partial charge < -0.3 is 14.8 Å². The number of rotatable bonds is 8. The highest BCUT2D eigenvalue weighted by atomic mass is 32.2. The maximum atomic E-state index is 13.2. The van der Waals surface area contributed by atoms with Gasteiger partial charge >= 0.3 is 5.97 Å². The minimum Gasteiger partial charge on any atom is -0.495 e. The van der Waals surface area contributed by atoms with E-state index in [4.69, 9.17) is 9.47 Å². The molecule has 1 aliphatic carbocycles. The topological polar surface area (TPSA) is 111 Å². The number of amides is 1. The molecule has 3 rings (SSSR count). The minimum atomic E-state index is -3.97. The highest BCUT2D eigenvalue weighted by Gasteiger charge is 2.29. The predicted octanol–water partition coefficient (Wildman–Crippen LogP) is 3.49. The fourth-order valence-corrected chi connectivity index (χ4v) is 5.32. The molecule has 0 aliphatic heterocycles. The quantitative estimate of drug-likeness (QED) is 0.562. The molecule has 2 unspecified atom stereocenters. The van der Waals surface area contributed by atoms with E-state index in [9.17, 15) is 22.4 Å². The number of carbonyl (C=O) groups is 2. The molecule has 0 spiro atoms. The van der Waals surface area contributed by atoms with E-state index in [0.717, 1.165) is 31.7 Å². The van der Waals surface area contributed by atoms with Crippen LogP contribution >= 0.6 is 0 Å². The highest BCUT2D eigenvalue weighted by Crippen LogP contribution is 2.29. The Balaban J connectivity index is 1.70. The Labute approximate surface area is 192 Å². The van der Waals surface area contributed by atoms with E-state index in [1.54, 1.807) is 0 Å². The molecule has 8 nitrogen and oxygen atoms in total. The van der Waals surface area contributed by atoms with Crippen LogP contribution in [0.2, 0.25) is 0 Å². The first-order valence-corrected chi connectivity index (χ1v) is 12.1. The summed E-state index contributed by atoms with van der Waals surface area (Å²) in [5.74, 6) is -1.78. The summed E-state index contributed by atoms with van der Waals surface area (Å²) in [5.41, 5.74) is 0.170. The second-order valence-electron chi connectivity index (χ2n) is 7.99. The van der Waals surface area contributed by atoms with E-state index < -0.39 is 34.3 Å². The van der Waals surface area contributed by atoms with E-state index >= 15 is 0 Å². The van der Waals surface area contributed by atoms with E-state index in [1.165, 1.54) is 43.5 Å². The summed E-state index contributed by atoms with van der Waals surface area (Å²) in [6.45, 7) is 1.38. The third-order valence-electron chi connectivity index (χ3n) is 5.55. The highest BCUT2D eigenvalue weighted by molar-refractivity contribution is 7.89. The van der Waals surface area contributed by atoms with Crippen molar-refractivity contribution < 1.29 is 31.9 Å². The molecule has 1 saturated carbocycles. The summed E-state index contributed by atoms with van der Waals surface area (Å²) in [5, 5.41) is 2.41. The third kappa shape index (κ3) is 6.52. The second kappa shape index (κ2) is 10.8. The lowest BCUT2D eigenvalue weighted by Gasteiger charge is -2.29. The number of sulfonamides is 1. The van der Waals surface area contributed by atoms with Gasteiger partial charge in [-0.05, 0) is 55.2 Å². The van der Waals surface area contributed by atoms with E-state index in [2.05, 4.69) is 10.0 Å². The molecule has 0 saturated heterocycles. The fraction of sp³-hybridized carbons (Fsp3) is 0.391. The average molecular weight is 479 g/mol. The van der Waals surface area contributed by atoms with Gasteiger partial charge in [-0.15, -0.1) is 0 Å². The van der Waals surface area contributed by atoms with E-state index in [1.807, 2.05) is 6.92 Å². The van der Waals surface area contributed by atoms with Crippen LogP contribution in [0.1, 0.15) is 43.0 Å². The SMILES string of the molecule is COc1ccc(C(=O)OCC(=O)Nc2cccc(F)c2)cc1S(=O)(=O)NC1CCCCC1C. The van der Waals surface area contributed by atoms with Crippen LogP contribution in [0.4, 0.5) is 10.1 Å². The smallest absolute Gasteiger partial charge is 0.338 e. The zero-order valence-electron chi connectivity index (χ0n) is 18.5. The number of halogens is 1. The molecule has 178 valence electrons. The Kier molecular flexibility index (Phi) is 8.04. The average Bonchev–Trinajstić information content (AvgIpc) is 2.78. The molecule has 2 aromatic carbocycles. The van der Waals surface area contributed by atoms with Crippen LogP contribution in [0.15, 0.2) is 47.4 Å². The monoisotopic (exact) mass is 478 g/mol. The lowest BCUT2D eigenvalue weighted by molar-refractivity contribution is -0.119. The Bertz CT molecular complexity index is 1120. The number of nitrogens with one attached hydrogen (secondary N) is 2. The van der Waals surface area contributed by atoms with Gasteiger partial charge in [0.1, 0.15) is 16.5 Å². The van der Waals surface area contributed by atoms with Crippen LogP contribution in [-0.2, 0) is 19.6 Å². The van der Waals surface area contributed by atoms with Crippen LogP contribution < -0.4 is 14.8 Å². The van der Waals surface area contributed by atoms with E-state index in [0.29, 0.717) is 0 Å². The number of esters is 1. The van der Waals surface area contributed by atoms with Gasteiger partial charge in [-0.3, -0.25) is 4.79 Å². The van der Waals surface area contributed by atoms with Crippen molar-refractivity contribution in [2.45, 2.75) is 43.5 Å². The van der Waals surface area contributed by atoms with Crippen LogP contribution in [0.3, 0.4) is 0 Å². The molecule has 2 N–H and O–H groups in total. The molecule has 1 aliphatic rings. The van der Waals surface area contributed by atoms with Crippen molar-refractivity contribution in [3.05, 3.63) is 53.8 Å². The van der Waals surface area contributed by atoms with Crippen molar-refractivity contribution in [3.63, 3.8) is 0 Å². The maximum absolute atomic E-state index is 13.2. The van der Waals surface area contributed by atoms with Crippen molar-refractivity contribution in [3.8, 4) is 5.75 Å². The van der Waals surface area contributed by atoms with Gasteiger partial charge in [0.05, 0.1) is 12.7 Å². The van der Waals surface area contributed by atoms with Gasteiger partial charge in [0.25, 0.3) is 5.91 Å². The summed E-state index contributed by atoms with van der Waals surface area (Å²) in [6.07, 6.45) is 3.69. The number of benzene rings is 2. The fourth-order valence-electron chi connectivity index (χ4n) is 3.75. The lowest BCUT2D eigenvalue weighted by atomic mass is 9.87. The van der Waals surface area contributed by atoms with Crippen LogP contribution in [0.5, 0.6) is 5.75 Å². The zero-order valence-corrected chi connectivity index (χ0v) is 19.3. The molecule has 2 aromatic rings. The number of hydrogen-bond acceptors (Lipinski definition) is 6. The number of anilines is 1. The van der Waals surface area contributed by atoms with Crippen molar-refractivity contribution in [2.75, 3.05) is 19.0 Å². The zero-order chi connectivity index (χ0) is 24.0. The van der Waals surface area contributed by atoms with Crippen molar-refractivity contribution in [2.24, 2.45) is 5.92 Å². The molecular weight excluding hydrogens is 451 g/mol. The summed E-state index contributed by atoms with van der Waals surface area (Å²) >= 11 is 0.